The van der Waals surface area contributed by atoms with Crippen molar-refractivity contribution in [1.29, 1.82) is 0 Å². The Hall–Kier alpha value is -1.95. The van der Waals surface area contributed by atoms with Gasteiger partial charge in [-0.05, 0) is 12.1 Å². The van der Waals surface area contributed by atoms with E-state index in [1.807, 2.05) is 17.1 Å². The number of ether oxygens (including phenoxy) is 4. The number of nitrogens with zero attached hydrogens (tertiary/aromatic N) is 2. The monoisotopic (exact) mass is 280 g/mol. The number of hydrogen-bond acceptors (Lipinski definition) is 6. The lowest BCUT2D eigenvalue weighted by Gasteiger charge is -2.23. The second kappa shape index (κ2) is 7.00. The summed E-state index contributed by atoms with van der Waals surface area (Å²) >= 11 is 0. The summed E-state index contributed by atoms with van der Waals surface area (Å²) in [5.41, 5.74) is 0.894. The largest absolute Gasteiger partial charge is 0.493 e. The molecule has 0 radical (unpaired) electrons. The second-order valence-corrected chi connectivity index (χ2v) is 4.27. The number of rotatable bonds is 5. The molecule has 0 atom stereocenters. The maximum atomic E-state index is 5.31. The van der Waals surface area contributed by atoms with Gasteiger partial charge in [-0.1, -0.05) is 0 Å². The topological polar surface area (TPSA) is 52.5 Å². The lowest BCUT2D eigenvalue weighted by atomic mass is 10.2. The van der Waals surface area contributed by atoms with Crippen molar-refractivity contribution < 1.29 is 18.9 Å². The molecular weight excluding hydrogens is 260 g/mol. The highest BCUT2D eigenvalue weighted by atomic mass is 16.5. The maximum absolute atomic E-state index is 5.31. The van der Waals surface area contributed by atoms with Crippen LogP contribution < -0.4 is 14.2 Å². The highest BCUT2D eigenvalue weighted by Crippen LogP contribution is 2.37. The summed E-state index contributed by atoms with van der Waals surface area (Å²) in [4.78, 5) is 0. The van der Waals surface area contributed by atoms with Gasteiger partial charge in [0.2, 0.25) is 5.75 Å². The van der Waals surface area contributed by atoms with Crippen molar-refractivity contribution in [2.75, 3.05) is 47.6 Å². The van der Waals surface area contributed by atoms with E-state index in [0.29, 0.717) is 30.5 Å². The average molecular weight is 280 g/mol. The van der Waals surface area contributed by atoms with Gasteiger partial charge in [0, 0.05) is 5.56 Å². The Bertz CT molecular complexity index is 445. The van der Waals surface area contributed by atoms with Gasteiger partial charge in [-0.15, -0.1) is 0 Å². The highest BCUT2D eigenvalue weighted by Gasteiger charge is 2.13. The summed E-state index contributed by atoms with van der Waals surface area (Å²) in [7, 11) is 4.78. The van der Waals surface area contributed by atoms with Gasteiger partial charge >= 0.3 is 0 Å². The van der Waals surface area contributed by atoms with Crippen LogP contribution in [-0.4, -0.2) is 58.9 Å². The lowest BCUT2D eigenvalue weighted by Crippen LogP contribution is -2.32. The van der Waals surface area contributed by atoms with Crippen LogP contribution in [0.15, 0.2) is 17.2 Å². The normalized spacial score (nSPS) is 15.4. The molecule has 0 saturated carbocycles. The number of hydrogen-bond donors (Lipinski definition) is 0. The molecule has 0 aliphatic carbocycles. The van der Waals surface area contributed by atoms with Crippen LogP contribution in [0.1, 0.15) is 5.56 Å². The molecule has 20 heavy (non-hydrogen) atoms. The first-order chi connectivity index (χ1) is 9.78. The van der Waals surface area contributed by atoms with Crippen LogP contribution in [0.2, 0.25) is 0 Å². The fraction of sp³-hybridized carbons (Fsp3) is 0.500. The molecule has 110 valence electrons. The Morgan fingerprint density at radius 2 is 1.65 bits per heavy atom. The predicted molar refractivity (Wildman–Crippen MR) is 76.1 cm³/mol. The van der Waals surface area contributed by atoms with Gasteiger partial charge in [0.25, 0.3) is 0 Å². The Morgan fingerprint density at radius 1 is 1.05 bits per heavy atom. The van der Waals surface area contributed by atoms with E-state index in [1.54, 1.807) is 27.5 Å². The van der Waals surface area contributed by atoms with Crippen LogP contribution in [0.25, 0.3) is 0 Å². The molecule has 6 nitrogen and oxygen atoms in total. The maximum Gasteiger partial charge on any atom is 0.203 e. The smallest absolute Gasteiger partial charge is 0.203 e. The van der Waals surface area contributed by atoms with Gasteiger partial charge in [0.15, 0.2) is 11.5 Å². The molecule has 0 spiro atoms. The summed E-state index contributed by atoms with van der Waals surface area (Å²) in [6, 6.07) is 3.73. The van der Waals surface area contributed by atoms with E-state index in [4.69, 9.17) is 18.9 Å². The molecule has 1 aromatic carbocycles. The van der Waals surface area contributed by atoms with E-state index < -0.39 is 0 Å². The molecule has 6 heteroatoms. The molecule has 1 aliphatic rings. The van der Waals surface area contributed by atoms with E-state index in [1.165, 1.54) is 0 Å². The van der Waals surface area contributed by atoms with Crippen molar-refractivity contribution in [2.24, 2.45) is 5.10 Å². The standard InChI is InChI=1S/C14H20N2O4/c1-17-12-8-11(9-13(18-2)14(12)19-3)10-15-16-4-6-20-7-5-16/h8-10H,4-7H2,1-3H3/b15-10+. The number of benzene rings is 1. The molecule has 0 amide bonds. The third kappa shape index (κ3) is 3.33. The zero-order valence-electron chi connectivity index (χ0n) is 12.1. The summed E-state index contributed by atoms with van der Waals surface area (Å²) in [6.07, 6.45) is 1.79. The molecule has 1 aliphatic heterocycles. The Labute approximate surface area is 118 Å². The Kier molecular flexibility index (Phi) is 5.06. The molecule has 1 fully saturated rings. The second-order valence-electron chi connectivity index (χ2n) is 4.27. The molecule has 1 saturated heterocycles. The average Bonchev–Trinajstić information content (AvgIpc) is 2.52. The number of methoxy groups -OCH3 is 3. The fourth-order valence-electron chi connectivity index (χ4n) is 1.99. The summed E-state index contributed by atoms with van der Waals surface area (Å²) in [6.45, 7) is 3.04. The first-order valence-corrected chi connectivity index (χ1v) is 6.45. The van der Waals surface area contributed by atoms with Crippen molar-refractivity contribution >= 4 is 6.21 Å². The number of hydrazone groups is 1. The summed E-state index contributed by atoms with van der Waals surface area (Å²) in [5.74, 6) is 1.82. The minimum atomic E-state index is 0.582. The molecule has 0 bridgehead atoms. The lowest BCUT2D eigenvalue weighted by molar-refractivity contribution is 0.0397. The Balaban J connectivity index is 2.20. The van der Waals surface area contributed by atoms with Gasteiger partial charge in [-0.3, -0.25) is 5.01 Å². The molecule has 1 heterocycles. The first kappa shape index (κ1) is 14.5. The van der Waals surface area contributed by atoms with E-state index >= 15 is 0 Å². The quantitative estimate of drug-likeness (QED) is 0.763. The van der Waals surface area contributed by atoms with Crippen LogP contribution in [0.3, 0.4) is 0 Å². The third-order valence-electron chi connectivity index (χ3n) is 3.04. The predicted octanol–water partition coefficient (Wildman–Crippen LogP) is 1.38. The van der Waals surface area contributed by atoms with Crippen LogP contribution in [0, 0.1) is 0 Å². The molecule has 0 unspecified atom stereocenters. The van der Waals surface area contributed by atoms with Gasteiger partial charge in [-0.25, -0.2) is 0 Å². The van der Waals surface area contributed by atoms with Gasteiger partial charge < -0.3 is 18.9 Å². The molecule has 0 N–H and O–H groups in total. The number of morpholine rings is 1. The van der Waals surface area contributed by atoms with Gasteiger partial charge in [-0.2, -0.15) is 5.10 Å². The van der Waals surface area contributed by atoms with Crippen molar-refractivity contribution in [3.8, 4) is 17.2 Å². The third-order valence-corrected chi connectivity index (χ3v) is 3.04. The van der Waals surface area contributed by atoms with E-state index in [-0.39, 0.29) is 0 Å². The minimum Gasteiger partial charge on any atom is -0.493 e. The van der Waals surface area contributed by atoms with Crippen molar-refractivity contribution in [3.63, 3.8) is 0 Å². The molecule has 2 rings (SSSR count). The molecule has 1 aromatic rings. The van der Waals surface area contributed by atoms with Gasteiger partial charge in [0.1, 0.15) is 0 Å². The zero-order chi connectivity index (χ0) is 14.4. The first-order valence-electron chi connectivity index (χ1n) is 6.45. The summed E-state index contributed by atoms with van der Waals surface area (Å²) < 4.78 is 21.2. The Morgan fingerprint density at radius 3 is 2.15 bits per heavy atom. The minimum absolute atomic E-state index is 0.582. The van der Waals surface area contributed by atoms with Crippen LogP contribution >= 0.6 is 0 Å². The molecular formula is C14H20N2O4. The summed E-state index contributed by atoms with van der Waals surface area (Å²) in [5, 5.41) is 6.41. The van der Waals surface area contributed by atoms with Crippen molar-refractivity contribution in [1.82, 2.24) is 5.01 Å². The fourth-order valence-corrected chi connectivity index (χ4v) is 1.99. The highest BCUT2D eigenvalue weighted by molar-refractivity contribution is 5.82. The van der Waals surface area contributed by atoms with Crippen molar-refractivity contribution in [3.05, 3.63) is 17.7 Å². The van der Waals surface area contributed by atoms with Gasteiger partial charge in [0.05, 0.1) is 53.8 Å². The van der Waals surface area contributed by atoms with Crippen LogP contribution in [0.5, 0.6) is 17.2 Å². The van der Waals surface area contributed by atoms with E-state index in [9.17, 15) is 0 Å². The van der Waals surface area contributed by atoms with Crippen LogP contribution in [-0.2, 0) is 4.74 Å². The molecule has 0 aromatic heterocycles. The van der Waals surface area contributed by atoms with Crippen molar-refractivity contribution in [2.45, 2.75) is 0 Å². The zero-order valence-corrected chi connectivity index (χ0v) is 12.1. The SMILES string of the molecule is COc1cc(/C=N/N2CCOCC2)cc(OC)c1OC. The van der Waals surface area contributed by atoms with E-state index in [0.717, 1.165) is 18.7 Å². The van der Waals surface area contributed by atoms with Crippen LogP contribution in [0.4, 0.5) is 0 Å². The van der Waals surface area contributed by atoms with E-state index in [2.05, 4.69) is 5.10 Å².